The zero-order valence-corrected chi connectivity index (χ0v) is 9.57. The minimum absolute atomic E-state index is 0.985. The number of para-hydroxylation sites is 1. The smallest absolute Gasteiger partial charge is 0.0962 e. The van der Waals surface area contributed by atoms with Gasteiger partial charge in [0.1, 0.15) is 0 Å². The van der Waals surface area contributed by atoms with E-state index >= 15 is 0 Å². The first kappa shape index (κ1) is 9.40. The number of aromatic nitrogens is 2. The molecule has 2 aromatic heterocycles. The van der Waals surface area contributed by atoms with Crippen molar-refractivity contribution in [2.24, 2.45) is 7.05 Å². The summed E-state index contributed by atoms with van der Waals surface area (Å²) >= 11 is 0. The summed E-state index contributed by atoms with van der Waals surface area (Å²) in [6, 6.07) is 12.7. The molecule has 0 aliphatic rings. The molecule has 0 spiro atoms. The molecule has 2 heteroatoms. The highest BCUT2D eigenvalue weighted by molar-refractivity contribution is 6.05. The molecule has 0 radical (unpaired) electrons. The molecule has 0 aliphatic carbocycles. The van der Waals surface area contributed by atoms with Crippen molar-refractivity contribution >= 4 is 21.9 Å². The van der Waals surface area contributed by atoms with Gasteiger partial charge in [0.05, 0.1) is 16.6 Å². The topological polar surface area (TPSA) is 17.8 Å². The summed E-state index contributed by atoms with van der Waals surface area (Å²) in [7, 11) is 2.10. The van der Waals surface area contributed by atoms with E-state index in [1.165, 1.54) is 16.4 Å². The van der Waals surface area contributed by atoms with Gasteiger partial charge in [0.2, 0.25) is 0 Å². The Balaban J connectivity index is 2.52. The predicted molar refractivity (Wildman–Crippen MR) is 67.6 cm³/mol. The largest absolute Gasteiger partial charge is 0.342 e. The van der Waals surface area contributed by atoms with Crippen LogP contribution in [0.15, 0.2) is 36.4 Å². The molecule has 2 nitrogen and oxygen atoms in total. The van der Waals surface area contributed by atoms with E-state index in [1.807, 2.05) is 0 Å². The number of nitrogens with zero attached hydrogens (tertiary/aromatic N) is 2. The van der Waals surface area contributed by atoms with Crippen molar-refractivity contribution in [3.05, 3.63) is 42.1 Å². The zero-order valence-electron chi connectivity index (χ0n) is 9.57. The minimum Gasteiger partial charge on any atom is -0.342 e. The number of hydrogen-bond acceptors (Lipinski definition) is 1. The molecule has 0 aliphatic heterocycles. The van der Waals surface area contributed by atoms with Gasteiger partial charge in [0.15, 0.2) is 0 Å². The van der Waals surface area contributed by atoms with Crippen LogP contribution >= 0.6 is 0 Å². The van der Waals surface area contributed by atoms with Gasteiger partial charge in [-0.1, -0.05) is 25.1 Å². The predicted octanol–water partition coefficient (Wildman–Crippen LogP) is 3.29. The van der Waals surface area contributed by atoms with Crippen molar-refractivity contribution < 1.29 is 0 Å². The van der Waals surface area contributed by atoms with Crippen molar-refractivity contribution in [3.63, 3.8) is 0 Å². The second-order valence-corrected chi connectivity index (χ2v) is 4.10. The van der Waals surface area contributed by atoms with Crippen LogP contribution in [0.2, 0.25) is 0 Å². The molecule has 0 saturated carbocycles. The van der Waals surface area contributed by atoms with Gasteiger partial charge < -0.3 is 4.57 Å². The van der Waals surface area contributed by atoms with Crippen LogP contribution in [-0.4, -0.2) is 9.55 Å². The summed E-state index contributed by atoms with van der Waals surface area (Å²) < 4.78 is 2.21. The van der Waals surface area contributed by atoms with Crippen LogP contribution in [0.5, 0.6) is 0 Å². The van der Waals surface area contributed by atoms with Crippen molar-refractivity contribution in [2.45, 2.75) is 13.3 Å². The van der Waals surface area contributed by atoms with E-state index < -0.39 is 0 Å². The molecule has 0 N–H and O–H groups in total. The van der Waals surface area contributed by atoms with Crippen molar-refractivity contribution in [1.82, 2.24) is 9.55 Å². The summed E-state index contributed by atoms with van der Waals surface area (Å²) in [5.41, 5.74) is 4.73. The molecular weight excluding hydrogens is 196 g/mol. The summed E-state index contributed by atoms with van der Waals surface area (Å²) in [4.78, 5) is 4.72. The van der Waals surface area contributed by atoms with Gasteiger partial charge in [-0.3, -0.25) is 4.98 Å². The summed E-state index contributed by atoms with van der Waals surface area (Å²) in [6.45, 7) is 2.14. The van der Waals surface area contributed by atoms with Gasteiger partial charge in [-0.25, -0.2) is 0 Å². The maximum Gasteiger partial charge on any atom is 0.0962 e. The molecule has 3 rings (SSSR count). The fourth-order valence-corrected chi connectivity index (χ4v) is 2.25. The standard InChI is InChI=1S/C14H14N2/c1-3-10-8-9-13-14(15-10)11-6-4-5-7-12(11)16(13)2/h4-9H,3H2,1-2H3. The summed E-state index contributed by atoms with van der Waals surface area (Å²) in [5, 5.41) is 1.25. The van der Waals surface area contributed by atoms with Gasteiger partial charge in [-0.05, 0) is 24.6 Å². The van der Waals surface area contributed by atoms with Crippen LogP contribution in [0.3, 0.4) is 0 Å². The van der Waals surface area contributed by atoms with Crippen LogP contribution in [0.25, 0.3) is 21.9 Å². The SMILES string of the molecule is CCc1ccc2c(n1)c1ccccc1n2C. The lowest BCUT2D eigenvalue weighted by Gasteiger charge is -1.98. The Morgan fingerprint density at radius 2 is 1.88 bits per heavy atom. The first-order valence-corrected chi connectivity index (χ1v) is 5.64. The van der Waals surface area contributed by atoms with Crippen LogP contribution in [-0.2, 0) is 13.5 Å². The second-order valence-electron chi connectivity index (χ2n) is 4.10. The van der Waals surface area contributed by atoms with Gasteiger partial charge in [-0.15, -0.1) is 0 Å². The van der Waals surface area contributed by atoms with Gasteiger partial charge >= 0.3 is 0 Å². The molecule has 0 amide bonds. The van der Waals surface area contributed by atoms with Crippen molar-refractivity contribution in [3.8, 4) is 0 Å². The molecule has 1 aromatic carbocycles. The Bertz CT molecular complexity index is 665. The lowest BCUT2D eigenvalue weighted by atomic mass is 10.2. The Morgan fingerprint density at radius 1 is 1.06 bits per heavy atom. The monoisotopic (exact) mass is 210 g/mol. The average Bonchev–Trinajstić information content (AvgIpc) is 2.64. The summed E-state index contributed by atoms with van der Waals surface area (Å²) in [5.74, 6) is 0. The van der Waals surface area contributed by atoms with Gasteiger partial charge in [0, 0.05) is 18.1 Å². The van der Waals surface area contributed by atoms with Crippen molar-refractivity contribution in [2.75, 3.05) is 0 Å². The van der Waals surface area contributed by atoms with E-state index in [-0.39, 0.29) is 0 Å². The second kappa shape index (κ2) is 3.34. The van der Waals surface area contributed by atoms with E-state index in [9.17, 15) is 0 Å². The van der Waals surface area contributed by atoms with Crippen LogP contribution < -0.4 is 0 Å². The maximum absolute atomic E-state index is 4.72. The lowest BCUT2D eigenvalue weighted by Crippen LogP contribution is -1.89. The first-order valence-electron chi connectivity index (χ1n) is 5.64. The third kappa shape index (κ3) is 1.16. The molecule has 16 heavy (non-hydrogen) atoms. The fourth-order valence-electron chi connectivity index (χ4n) is 2.25. The molecular formula is C14H14N2. The number of rotatable bonds is 1. The van der Waals surface area contributed by atoms with E-state index in [4.69, 9.17) is 4.98 Å². The molecule has 0 fully saturated rings. The minimum atomic E-state index is 0.985. The van der Waals surface area contributed by atoms with Gasteiger partial charge in [-0.2, -0.15) is 0 Å². The Labute approximate surface area is 94.5 Å². The molecule has 0 bridgehead atoms. The quantitative estimate of drug-likeness (QED) is 0.602. The van der Waals surface area contributed by atoms with E-state index in [0.29, 0.717) is 0 Å². The molecule has 3 aromatic rings. The highest BCUT2D eigenvalue weighted by Crippen LogP contribution is 2.26. The normalized spacial score (nSPS) is 11.4. The van der Waals surface area contributed by atoms with Crippen LogP contribution in [0.1, 0.15) is 12.6 Å². The third-order valence-electron chi connectivity index (χ3n) is 3.18. The van der Waals surface area contributed by atoms with E-state index in [2.05, 4.69) is 54.9 Å². The van der Waals surface area contributed by atoms with Crippen LogP contribution in [0.4, 0.5) is 0 Å². The molecule has 2 heterocycles. The Morgan fingerprint density at radius 3 is 2.69 bits per heavy atom. The molecule has 0 atom stereocenters. The highest BCUT2D eigenvalue weighted by Gasteiger charge is 2.08. The third-order valence-corrected chi connectivity index (χ3v) is 3.18. The first-order chi connectivity index (χ1) is 7.81. The van der Waals surface area contributed by atoms with E-state index in [1.54, 1.807) is 0 Å². The number of aryl methyl sites for hydroxylation is 2. The lowest BCUT2D eigenvalue weighted by molar-refractivity contribution is 1.00. The Kier molecular flexibility index (Phi) is 1.96. The fraction of sp³-hybridized carbons (Fsp3) is 0.214. The summed E-state index contributed by atoms with van der Waals surface area (Å²) in [6.07, 6.45) is 0.985. The number of fused-ring (bicyclic) bond motifs is 3. The zero-order chi connectivity index (χ0) is 11.1. The molecule has 0 saturated heterocycles. The van der Waals surface area contributed by atoms with Gasteiger partial charge in [0.25, 0.3) is 0 Å². The average molecular weight is 210 g/mol. The highest BCUT2D eigenvalue weighted by atomic mass is 15.0. The maximum atomic E-state index is 4.72. The van der Waals surface area contributed by atoms with E-state index in [0.717, 1.165) is 17.6 Å². The number of hydrogen-bond donors (Lipinski definition) is 0. The number of benzene rings is 1. The molecule has 0 unspecified atom stereocenters. The van der Waals surface area contributed by atoms with Crippen molar-refractivity contribution in [1.29, 1.82) is 0 Å². The molecule has 80 valence electrons. The number of pyridine rings is 1. The Hall–Kier alpha value is -1.83. The van der Waals surface area contributed by atoms with Crippen LogP contribution in [0, 0.1) is 0 Å².